The summed E-state index contributed by atoms with van der Waals surface area (Å²) in [4.78, 5) is 4.33. The highest BCUT2D eigenvalue weighted by atomic mass is 35.5. The molecule has 0 aliphatic heterocycles. The van der Waals surface area contributed by atoms with Crippen LogP contribution in [0.25, 0.3) is 11.0 Å². The fourth-order valence-corrected chi connectivity index (χ4v) is 2.08. The van der Waals surface area contributed by atoms with Gasteiger partial charge in [0.1, 0.15) is 17.2 Å². The molecule has 3 rings (SSSR count). The van der Waals surface area contributed by atoms with Gasteiger partial charge >= 0.3 is 0 Å². The summed E-state index contributed by atoms with van der Waals surface area (Å²) in [7, 11) is 0. The maximum absolute atomic E-state index is 5.95. The molecule has 2 aromatic heterocycles. The van der Waals surface area contributed by atoms with Crippen LogP contribution in [0.4, 0.5) is 11.5 Å². The first-order valence-corrected chi connectivity index (χ1v) is 5.98. The first-order valence-electron chi connectivity index (χ1n) is 5.60. The lowest BCUT2D eigenvalue weighted by Crippen LogP contribution is -1.93. The Kier molecular flexibility index (Phi) is 2.68. The topological polar surface area (TPSA) is 38.1 Å². The molecule has 0 bridgehead atoms. The average molecular weight is 259 g/mol. The van der Waals surface area contributed by atoms with E-state index in [-0.39, 0.29) is 0 Å². The van der Waals surface area contributed by atoms with Crippen LogP contribution in [-0.2, 0) is 0 Å². The van der Waals surface area contributed by atoms with Crippen LogP contribution in [0.2, 0.25) is 5.02 Å². The normalized spacial score (nSPS) is 10.8. The number of pyridine rings is 1. The molecule has 0 spiro atoms. The maximum atomic E-state index is 5.95. The minimum absolute atomic E-state index is 0.690. The van der Waals surface area contributed by atoms with Crippen LogP contribution < -0.4 is 5.32 Å². The van der Waals surface area contributed by atoms with Gasteiger partial charge in [-0.05, 0) is 37.3 Å². The van der Waals surface area contributed by atoms with E-state index in [0.29, 0.717) is 5.02 Å². The van der Waals surface area contributed by atoms with Crippen LogP contribution in [0.1, 0.15) is 5.76 Å². The molecule has 3 nitrogen and oxygen atoms in total. The molecule has 0 unspecified atom stereocenters. The zero-order valence-electron chi connectivity index (χ0n) is 9.77. The summed E-state index contributed by atoms with van der Waals surface area (Å²) < 4.78 is 5.56. The third-order valence-electron chi connectivity index (χ3n) is 2.66. The first kappa shape index (κ1) is 11.1. The van der Waals surface area contributed by atoms with E-state index in [9.17, 15) is 0 Å². The molecule has 0 fully saturated rings. The molecule has 2 heterocycles. The van der Waals surface area contributed by atoms with Crippen molar-refractivity contribution in [2.75, 3.05) is 5.32 Å². The van der Waals surface area contributed by atoms with E-state index < -0.39 is 0 Å². The average Bonchev–Trinajstić information content (AvgIpc) is 2.71. The van der Waals surface area contributed by atoms with Gasteiger partial charge in [-0.15, -0.1) is 0 Å². The fourth-order valence-electron chi connectivity index (χ4n) is 1.89. The van der Waals surface area contributed by atoms with Crippen molar-refractivity contribution in [3.8, 4) is 0 Å². The van der Waals surface area contributed by atoms with Crippen molar-refractivity contribution >= 4 is 34.1 Å². The van der Waals surface area contributed by atoms with Crippen LogP contribution in [0.5, 0.6) is 0 Å². The van der Waals surface area contributed by atoms with Gasteiger partial charge in [-0.25, -0.2) is 4.98 Å². The van der Waals surface area contributed by atoms with E-state index in [1.807, 2.05) is 43.3 Å². The van der Waals surface area contributed by atoms with Crippen molar-refractivity contribution in [1.29, 1.82) is 0 Å². The summed E-state index contributed by atoms with van der Waals surface area (Å²) in [5.74, 6) is 1.64. The van der Waals surface area contributed by atoms with Gasteiger partial charge in [0.05, 0.1) is 5.39 Å². The number of hydrogen-bond donors (Lipinski definition) is 1. The Labute approximate surface area is 109 Å². The number of halogens is 1. The third-order valence-corrected chi connectivity index (χ3v) is 2.89. The molecule has 0 aliphatic rings. The van der Waals surface area contributed by atoms with E-state index in [4.69, 9.17) is 16.0 Å². The largest absolute Gasteiger partial charge is 0.461 e. The predicted octanol–water partition coefficient (Wildman–Crippen LogP) is 4.53. The molecule has 0 aliphatic carbocycles. The highest BCUT2D eigenvalue weighted by Gasteiger charge is 2.07. The molecule has 1 aromatic carbocycles. The van der Waals surface area contributed by atoms with Crippen molar-refractivity contribution < 1.29 is 4.42 Å². The Morgan fingerprint density at radius 1 is 1.22 bits per heavy atom. The van der Waals surface area contributed by atoms with Gasteiger partial charge < -0.3 is 9.73 Å². The van der Waals surface area contributed by atoms with Crippen LogP contribution in [0, 0.1) is 6.92 Å². The lowest BCUT2D eigenvalue weighted by Gasteiger charge is -2.06. The van der Waals surface area contributed by atoms with Gasteiger partial charge in [-0.2, -0.15) is 0 Å². The van der Waals surface area contributed by atoms with Crippen molar-refractivity contribution in [2.24, 2.45) is 0 Å². The molecular weight excluding hydrogens is 248 g/mol. The number of anilines is 2. The molecule has 0 radical (unpaired) electrons. The zero-order valence-corrected chi connectivity index (χ0v) is 10.5. The molecule has 0 atom stereocenters. The van der Waals surface area contributed by atoms with E-state index in [1.165, 1.54) is 0 Å². The van der Waals surface area contributed by atoms with Crippen LogP contribution in [0.3, 0.4) is 0 Å². The summed E-state index contributed by atoms with van der Waals surface area (Å²) in [6, 6.07) is 11.4. The van der Waals surface area contributed by atoms with E-state index in [2.05, 4.69) is 10.3 Å². The van der Waals surface area contributed by atoms with E-state index in [0.717, 1.165) is 28.2 Å². The van der Waals surface area contributed by atoms with E-state index >= 15 is 0 Å². The van der Waals surface area contributed by atoms with Crippen LogP contribution in [-0.4, -0.2) is 4.98 Å². The van der Waals surface area contributed by atoms with Crippen LogP contribution in [0.15, 0.2) is 47.0 Å². The second kappa shape index (κ2) is 4.35. The Hall–Kier alpha value is -2.00. The number of nitrogens with zero attached hydrogens (tertiary/aromatic N) is 1. The summed E-state index contributed by atoms with van der Waals surface area (Å²) in [5.41, 5.74) is 1.73. The van der Waals surface area contributed by atoms with Crippen molar-refractivity contribution in [3.63, 3.8) is 0 Å². The van der Waals surface area contributed by atoms with Gasteiger partial charge in [0, 0.05) is 16.9 Å². The van der Waals surface area contributed by atoms with E-state index in [1.54, 1.807) is 6.20 Å². The zero-order chi connectivity index (χ0) is 12.5. The van der Waals surface area contributed by atoms with Crippen molar-refractivity contribution in [2.45, 2.75) is 6.92 Å². The Morgan fingerprint density at radius 3 is 2.94 bits per heavy atom. The summed E-state index contributed by atoms with van der Waals surface area (Å²) in [6.07, 6.45) is 1.72. The Morgan fingerprint density at radius 2 is 2.11 bits per heavy atom. The van der Waals surface area contributed by atoms with Gasteiger partial charge in [0.25, 0.3) is 0 Å². The molecule has 1 N–H and O–H groups in total. The second-order valence-corrected chi connectivity index (χ2v) is 4.50. The number of hydrogen-bond acceptors (Lipinski definition) is 3. The quantitative estimate of drug-likeness (QED) is 0.734. The minimum Gasteiger partial charge on any atom is -0.461 e. The molecule has 90 valence electrons. The standard InChI is InChI=1S/C14H11ClN2O/c1-9-7-12-13(18-9)5-6-16-14(12)17-11-4-2-3-10(15)8-11/h2-8H,1H3,(H,16,17). The lowest BCUT2D eigenvalue weighted by molar-refractivity contribution is 0.578. The van der Waals surface area contributed by atoms with Gasteiger partial charge in [-0.3, -0.25) is 0 Å². The van der Waals surface area contributed by atoms with Gasteiger partial charge in [-0.1, -0.05) is 17.7 Å². The van der Waals surface area contributed by atoms with Crippen molar-refractivity contribution in [3.05, 3.63) is 53.4 Å². The van der Waals surface area contributed by atoms with Gasteiger partial charge in [0.15, 0.2) is 0 Å². The Balaban J connectivity index is 2.04. The number of aryl methyl sites for hydroxylation is 1. The summed E-state index contributed by atoms with van der Waals surface area (Å²) in [6.45, 7) is 1.92. The number of rotatable bonds is 2. The second-order valence-electron chi connectivity index (χ2n) is 4.06. The van der Waals surface area contributed by atoms with Gasteiger partial charge in [0.2, 0.25) is 0 Å². The smallest absolute Gasteiger partial charge is 0.141 e. The number of aromatic nitrogens is 1. The van der Waals surface area contributed by atoms with Crippen LogP contribution >= 0.6 is 11.6 Å². The minimum atomic E-state index is 0.690. The molecule has 4 heteroatoms. The number of benzene rings is 1. The highest BCUT2D eigenvalue weighted by molar-refractivity contribution is 6.30. The first-order chi connectivity index (χ1) is 8.72. The molecular formula is C14H11ClN2O. The molecule has 0 saturated carbocycles. The fraction of sp³-hybridized carbons (Fsp3) is 0.0714. The van der Waals surface area contributed by atoms with Crippen molar-refractivity contribution in [1.82, 2.24) is 4.98 Å². The maximum Gasteiger partial charge on any atom is 0.141 e. The molecule has 0 amide bonds. The highest BCUT2D eigenvalue weighted by Crippen LogP contribution is 2.27. The summed E-state index contributed by atoms with van der Waals surface area (Å²) >= 11 is 5.95. The Bertz CT molecular complexity index is 706. The molecule has 18 heavy (non-hydrogen) atoms. The third kappa shape index (κ3) is 2.05. The number of fused-ring (bicyclic) bond motifs is 1. The molecule has 0 saturated heterocycles. The predicted molar refractivity (Wildman–Crippen MR) is 73.5 cm³/mol. The summed E-state index contributed by atoms with van der Waals surface area (Å²) in [5, 5.41) is 4.90. The monoisotopic (exact) mass is 258 g/mol. The number of nitrogens with one attached hydrogen (secondary N) is 1. The lowest BCUT2D eigenvalue weighted by atomic mass is 10.2. The molecule has 3 aromatic rings. The number of furan rings is 1. The SMILES string of the molecule is Cc1cc2c(Nc3cccc(Cl)c3)nccc2o1.